The number of amides is 1. The predicted molar refractivity (Wildman–Crippen MR) is 111 cm³/mol. The van der Waals surface area contributed by atoms with Crippen LogP contribution in [0.4, 0.5) is 5.69 Å². The van der Waals surface area contributed by atoms with E-state index in [-0.39, 0.29) is 5.91 Å². The van der Waals surface area contributed by atoms with Crippen LogP contribution < -0.4 is 4.90 Å². The molecule has 4 rings (SSSR count). The standard InChI is InChI=1S/C23H23N3O/c1-18-5-2-9-21(17-18)25-13-15-26(16-14-25)22(27)11-10-20-7-3-6-19-8-4-12-24-23(19)20/h2-12,17H,13-16H2,1H3/b11-10+. The van der Waals surface area contributed by atoms with Crippen LogP contribution in [0.25, 0.3) is 17.0 Å². The molecule has 4 heteroatoms. The van der Waals surface area contributed by atoms with Gasteiger partial charge in [0.2, 0.25) is 5.91 Å². The summed E-state index contributed by atoms with van der Waals surface area (Å²) in [5, 5.41) is 1.08. The van der Waals surface area contributed by atoms with E-state index < -0.39 is 0 Å². The number of pyridine rings is 1. The van der Waals surface area contributed by atoms with Crippen molar-refractivity contribution >= 4 is 28.6 Å². The average molecular weight is 357 g/mol. The van der Waals surface area contributed by atoms with Gasteiger partial charge in [-0.05, 0) is 36.8 Å². The van der Waals surface area contributed by atoms with Gasteiger partial charge in [-0.15, -0.1) is 0 Å². The first kappa shape index (κ1) is 17.3. The number of hydrogen-bond donors (Lipinski definition) is 0. The molecule has 27 heavy (non-hydrogen) atoms. The monoisotopic (exact) mass is 357 g/mol. The number of rotatable bonds is 3. The molecule has 0 N–H and O–H groups in total. The van der Waals surface area contributed by atoms with Crippen molar-refractivity contribution in [2.45, 2.75) is 6.92 Å². The van der Waals surface area contributed by atoms with Crippen molar-refractivity contribution in [2.75, 3.05) is 31.1 Å². The summed E-state index contributed by atoms with van der Waals surface area (Å²) in [6.45, 7) is 5.31. The van der Waals surface area contributed by atoms with Crippen molar-refractivity contribution in [3.05, 3.63) is 78.0 Å². The molecule has 3 aromatic rings. The van der Waals surface area contributed by atoms with Gasteiger partial charge >= 0.3 is 0 Å². The van der Waals surface area contributed by atoms with Gasteiger partial charge in [0.1, 0.15) is 0 Å². The summed E-state index contributed by atoms with van der Waals surface area (Å²) < 4.78 is 0. The zero-order valence-electron chi connectivity index (χ0n) is 15.5. The van der Waals surface area contributed by atoms with Crippen molar-refractivity contribution in [2.24, 2.45) is 0 Å². The summed E-state index contributed by atoms with van der Waals surface area (Å²) in [6.07, 6.45) is 5.34. The van der Waals surface area contributed by atoms with E-state index in [0.717, 1.165) is 42.6 Å². The quantitative estimate of drug-likeness (QED) is 0.667. The molecule has 1 fully saturated rings. The van der Waals surface area contributed by atoms with Crippen LogP contribution >= 0.6 is 0 Å². The van der Waals surface area contributed by atoms with E-state index >= 15 is 0 Å². The lowest BCUT2D eigenvalue weighted by Crippen LogP contribution is -2.48. The highest BCUT2D eigenvalue weighted by atomic mass is 16.2. The maximum absolute atomic E-state index is 12.6. The Morgan fingerprint density at radius 1 is 1.00 bits per heavy atom. The number of carbonyl (C=O) groups excluding carboxylic acids is 1. The fourth-order valence-electron chi connectivity index (χ4n) is 3.54. The lowest BCUT2D eigenvalue weighted by molar-refractivity contribution is -0.126. The fraction of sp³-hybridized carbons (Fsp3) is 0.217. The molecular weight excluding hydrogens is 334 g/mol. The van der Waals surface area contributed by atoms with Crippen LogP contribution in [0.15, 0.2) is 66.9 Å². The Morgan fingerprint density at radius 2 is 1.78 bits per heavy atom. The number of benzene rings is 2. The molecule has 0 spiro atoms. The van der Waals surface area contributed by atoms with Gasteiger partial charge in [-0.3, -0.25) is 9.78 Å². The second-order valence-electron chi connectivity index (χ2n) is 6.91. The van der Waals surface area contributed by atoms with E-state index in [4.69, 9.17) is 0 Å². The Kier molecular flexibility index (Phi) is 4.88. The van der Waals surface area contributed by atoms with Crippen LogP contribution in [0.3, 0.4) is 0 Å². The Morgan fingerprint density at radius 3 is 2.59 bits per heavy atom. The number of carbonyl (C=O) groups is 1. The zero-order chi connectivity index (χ0) is 18.6. The summed E-state index contributed by atoms with van der Waals surface area (Å²) in [5.41, 5.74) is 4.39. The minimum atomic E-state index is 0.0619. The van der Waals surface area contributed by atoms with E-state index in [2.05, 4.69) is 41.1 Å². The first-order valence-corrected chi connectivity index (χ1v) is 9.33. The lowest BCUT2D eigenvalue weighted by Gasteiger charge is -2.35. The molecular formula is C23H23N3O. The molecule has 4 nitrogen and oxygen atoms in total. The average Bonchev–Trinajstić information content (AvgIpc) is 2.72. The predicted octanol–water partition coefficient (Wildman–Crippen LogP) is 3.91. The van der Waals surface area contributed by atoms with Gasteiger partial charge in [-0.1, -0.05) is 36.4 Å². The molecule has 0 saturated carbocycles. The summed E-state index contributed by atoms with van der Waals surface area (Å²) in [5.74, 6) is 0.0619. The number of fused-ring (bicyclic) bond motifs is 1. The molecule has 136 valence electrons. The van der Waals surface area contributed by atoms with E-state index in [1.165, 1.54) is 11.3 Å². The van der Waals surface area contributed by atoms with Crippen LogP contribution in [0.1, 0.15) is 11.1 Å². The third-order valence-corrected chi connectivity index (χ3v) is 5.03. The minimum Gasteiger partial charge on any atom is -0.368 e. The maximum Gasteiger partial charge on any atom is 0.246 e. The third kappa shape index (κ3) is 3.85. The van der Waals surface area contributed by atoms with Gasteiger partial charge in [-0.2, -0.15) is 0 Å². The molecule has 2 heterocycles. The molecule has 1 saturated heterocycles. The molecule has 2 aromatic carbocycles. The van der Waals surface area contributed by atoms with Crippen molar-refractivity contribution in [1.29, 1.82) is 0 Å². The highest BCUT2D eigenvalue weighted by Crippen LogP contribution is 2.19. The van der Waals surface area contributed by atoms with Crippen LogP contribution in [0, 0.1) is 6.92 Å². The number of anilines is 1. The molecule has 0 aliphatic carbocycles. The summed E-state index contributed by atoms with van der Waals surface area (Å²) in [4.78, 5) is 21.3. The summed E-state index contributed by atoms with van der Waals surface area (Å²) in [6, 6.07) is 18.5. The lowest BCUT2D eigenvalue weighted by atomic mass is 10.1. The Bertz CT molecular complexity index is 982. The second-order valence-corrected chi connectivity index (χ2v) is 6.91. The van der Waals surface area contributed by atoms with Crippen molar-refractivity contribution < 1.29 is 4.79 Å². The summed E-state index contributed by atoms with van der Waals surface area (Å²) >= 11 is 0. The van der Waals surface area contributed by atoms with E-state index in [9.17, 15) is 4.79 Å². The van der Waals surface area contributed by atoms with Crippen molar-refractivity contribution in [1.82, 2.24) is 9.88 Å². The molecule has 1 amide bonds. The maximum atomic E-state index is 12.6. The Hall–Kier alpha value is -3.14. The van der Waals surface area contributed by atoms with E-state index in [0.29, 0.717) is 0 Å². The fourth-order valence-corrected chi connectivity index (χ4v) is 3.54. The highest BCUT2D eigenvalue weighted by molar-refractivity contribution is 5.95. The molecule has 0 bridgehead atoms. The molecule has 0 unspecified atom stereocenters. The Balaban J connectivity index is 1.41. The van der Waals surface area contributed by atoms with Crippen LogP contribution in [0.2, 0.25) is 0 Å². The third-order valence-electron chi connectivity index (χ3n) is 5.03. The molecule has 1 aliphatic heterocycles. The first-order chi connectivity index (χ1) is 13.2. The number of para-hydroxylation sites is 1. The smallest absolute Gasteiger partial charge is 0.246 e. The molecule has 0 radical (unpaired) electrons. The number of hydrogen-bond acceptors (Lipinski definition) is 3. The van der Waals surface area contributed by atoms with Crippen LogP contribution in [-0.4, -0.2) is 42.0 Å². The van der Waals surface area contributed by atoms with Gasteiger partial charge in [0.25, 0.3) is 0 Å². The first-order valence-electron chi connectivity index (χ1n) is 9.33. The number of aryl methyl sites for hydroxylation is 1. The van der Waals surface area contributed by atoms with Gasteiger partial charge in [-0.25, -0.2) is 0 Å². The van der Waals surface area contributed by atoms with Gasteiger partial charge in [0.05, 0.1) is 5.52 Å². The Labute approximate surface area is 159 Å². The minimum absolute atomic E-state index is 0.0619. The molecule has 1 aromatic heterocycles. The zero-order valence-corrected chi connectivity index (χ0v) is 15.5. The van der Waals surface area contributed by atoms with E-state index in [1.54, 1.807) is 12.3 Å². The van der Waals surface area contributed by atoms with Crippen LogP contribution in [0.5, 0.6) is 0 Å². The topological polar surface area (TPSA) is 36.4 Å². The number of nitrogens with zero attached hydrogens (tertiary/aromatic N) is 3. The number of aromatic nitrogens is 1. The van der Waals surface area contributed by atoms with Crippen LogP contribution in [-0.2, 0) is 4.79 Å². The molecule has 1 aliphatic rings. The van der Waals surface area contributed by atoms with Gasteiger partial charge < -0.3 is 9.80 Å². The number of piperazine rings is 1. The van der Waals surface area contributed by atoms with E-state index in [1.807, 2.05) is 41.3 Å². The normalized spacial score (nSPS) is 14.9. The molecule has 0 atom stereocenters. The van der Waals surface area contributed by atoms with Gasteiger partial charge in [0, 0.05) is 55.1 Å². The van der Waals surface area contributed by atoms with Gasteiger partial charge in [0.15, 0.2) is 0 Å². The largest absolute Gasteiger partial charge is 0.368 e. The highest BCUT2D eigenvalue weighted by Gasteiger charge is 2.19. The second kappa shape index (κ2) is 7.62. The SMILES string of the molecule is Cc1cccc(N2CCN(C(=O)/C=C/c3cccc4cccnc34)CC2)c1. The van der Waals surface area contributed by atoms with Crippen molar-refractivity contribution in [3.63, 3.8) is 0 Å². The van der Waals surface area contributed by atoms with Crippen molar-refractivity contribution in [3.8, 4) is 0 Å². The summed E-state index contributed by atoms with van der Waals surface area (Å²) in [7, 11) is 0.